The van der Waals surface area contributed by atoms with Gasteiger partial charge in [-0.2, -0.15) is 0 Å². The zero-order valence-electron chi connectivity index (χ0n) is 16.2. The number of nitrogens with one attached hydrogen (secondary N) is 3. The summed E-state index contributed by atoms with van der Waals surface area (Å²) in [7, 11) is 1.07. The quantitative estimate of drug-likeness (QED) is 0.333. The summed E-state index contributed by atoms with van der Waals surface area (Å²) in [5.41, 5.74) is 3.25. The Hall–Kier alpha value is -1.16. The number of aliphatic imine (C=N–C) groups is 1. The Morgan fingerprint density at radius 3 is 2.96 bits per heavy atom. The molecule has 3 rings (SSSR count). The molecule has 0 radical (unpaired) electrons. The number of nitrogens with zero attached hydrogens (tertiary/aromatic N) is 2. The van der Waals surface area contributed by atoms with E-state index in [0.29, 0.717) is 17.8 Å². The Labute approximate surface area is 180 Å². The highest BCUT2D eigenvalue weighted by atomic mass is 127. The first-order valence-electron chi connectivity index (χ1n) is 9.38. The van der Waals surface area contributed by atoms with Crippen LogP contribution in [-0.2, 0) is 17.3 Å². The SMILES string of the molecule is CCS(=O)C1CCCC(NC(=NC)NCc2nc3ccc(C)cc3[nH]2)C1.I. The normalized spacial score (nSPS) is 21.5. The van der Waals surface area contributed by atoms with Gasteiger partial charge in [0.2, 0.25) is 0 Å². The molecule has 27 heavy (non-hydrogen) atoms. The molecular formula is C19H30IN5OS. The van der Waals surface area contributed by atoms with Gasteiger partial charge in [0.1, 0.15) is 5.82 Å². The van der Waals surface area contributed by atoms with E-state index in [1.165, 1.54) is 5.56 Å². The van der Waals surface area contributed by atoms with Crippen molar-refractivity contribution in [3.63, 3.8) is 0 Å². The van der Waals surface area contributed by atoms with E-state index in [2.05, 4.69) is 44.7 Å². The van der Waals surface area contributed by atoms with Crippen LogP contribution >= 0.6 is 24.0 Å². The maximum Gasteiger partial charge on any atom is 0.191 e. The molecule has 1 fully saturated rings. The second-order valence-corrected chi connectivity index (χ2v) is 8.93. The summed E-state index contributed by atoms with van der Waals surface area (Å²) in [4.78, 5) is 12.3. The van der Waals surface area contributed by atoms with E-state index in [1.54, 1.807) is 7.05 Å². The number of fused-ring (bicyclic) bond motifs is 1. The summed E-state index contributed by atoms with van der Waals surface area (Å²) in [5, 5.41) is 7.13. The predicted octanol–water partition coefficient (Wildman–Crippen LogP) is 3.23. The van der Waals surface area contributed by atoms with E-state index < -0.39 is 10.8 Å². The summed E-state index contributed by atoms with van der Waals surface area (Å²) in [6.45, 7) is 4.67. The third-order valence-corrected chi connectivity index (χ3v) is 6.70. The number of rotatable bonds is 5. The molecule has 1 heterocycles. The second kappa shape index (κ2) is 10.4. The molecule has 150 valence electrons. The molecule has 2 aromatic rings. The highest BCUT2D eigenvalue weighted by molar-refractivity contribution is 14.0. The number of benzene rings is 1. The van der Waals surface area contributed by atoms with Crippen molar-refractivity contribution >= 4 is 51.8 Å². The first-order chi connectivity index (χ1) is 12.6. The average Bonchev–Trinajstić information content (AvgIpc) is 3.06. The zero-order valence-corrected chi connectivity index (χ0v) is 19.4. The fourth-order valence-electron chi connectivity index (χ4n) is 3.57. The Bertz CT molecular complexity index is 806. The van der Waals surface area contributed by atoms with Crippen LogP contribution in [0.3, 0.4) is 0 Å². The zero-order chi connectivity index (χ0) is 18.5. The van der Waals surface area contributed by atoms with Crippen LogP contribution in [0.5, 0.6) is 0 Å². The number of guanidine groups is 1. The molecule has 8 heteroatoms. The fourth-order valence-corrected chi connectivity index (χ4v) is 4.91. The van der Waals surface area contributed by atoms with Gasteiger partial charge in [0, 0.05) is 34.9 Å². The second-order valence-electron chi connectivity index (χ2n) is 6.93. The maximum atomic E-state index is 12.1. The van der Waals surface area contributed by atoms with E-state index in [4.69, 9.17) is 0 Å². The van der Waals surface area contributed by atoms with Crippen molar-refractivity contribution < 1.29 is 4.21 Å². The van der Waals surface area contributed by atoms with Gasteiger partial charge in [0.05, 0.1) is 17.6 Å². The number of aromatic nitrogens is 2. The third-order valence-electron chi connectivity index (χ3n) is 4.96. The molecule has 1 saturated carbocycles. The lowest BCUT2D eigenvalue weighted by atomic mass is 9.95. The maximum absolute atomic E-state index is 12.1. The molecule has 1 aliphatic carbocycles. The minimum atomic E-state index is -0.711. The topological polar surface area (TPSA) is 82.2 Å². The van der Waals surface area contributed by atoms with Crippen LogP contribution in [0.25, 0.3) is 11.0 Å². The van der Waals surface area contributed by atoms with E-state index in [9.17, 15) is 4.21 Å². The number of aryl methyl sites for hydroxylation is 1. The van der Waals surface area contributed by atoms with Crippen LogP contribution in [0.15, 0.2) is 23.2 Å². The van der Waals surface area contributed by atoms with Crippen LogP contribution in [0.2, 0.25) is 0 Å². The van der Waals surface area contributed by atoms with Crippen molar-refractivity contribution in [3.05, 3.63) is 29.6 Å². The minimum Gasteiger partial charge on any atom is -0.354 e. The van der Waals surface area contributed by atoms with E-state index >= 15 is 0 Å². The lowest BCUT2D eigenvalue weighted by Crippen LogP contribution is -2.46. The van der Waals surface area contributed by atoms with Gasteiger partial charge in [-0.25, -0.2) is 4.98 Å². The number of hydrogen-bond acceptors (Lipinski definition) is 3. The van der Waals surface area contributed by atoms with Gasteiger partial charge in [-0.15, -0.1) is 24.0 Å². The van der Waals surface area contributed by atoms with Gasteiger partial charge in [0.15, 0.2) is 5.96 Å². The summed E-state index contributed by atoms with van der Waals surface area (Å²) in [5.74, 6) is 2.41. The van der Waals surface area contributed by atoms with Gasteiger partial charge >= 0.3 is 0 Å². The molecule has 0 bridgehead atoms. The summed E-state index contributed by atoms with van der Waals surface area (Å²) < 4.78 is 12.1. The highest BCUT2D eigenvalue weighted by Gasteiger charge is 2.26. The smallest absolute Gasteiger partial charge is 0.191 e. The molecule has 1 aliphatic rings. The molecule has 3 unspecified atom stereocenters. The van der Waals surface area contributed by atoms with E-state index in [0.717, 1.165) is 54.3 Å². The summed E-state index contributed by atoms with van der Waals surface area (Å²) in [6, 6.07) is 6.54. The van der Waals surface area contributed by atoms with Crippen LogP contribution in [0, 0.1) is 6.92 Å². The Balaban J connectivity index is 0.00000261. The Morgan fingerprint density at radius 2 is 2.22 bits per heavy atom. The van der Waals surface area contributed by atoms with Crippen molar-refractivity contribution in [1.82, 2.24) is 20.6 Å². The summed E-state index contributed by atoms with van der Waals surface area (Å²) in [6.07, 6.45) is 4.24. The number of H-pyrrole nitrogens is 1. The number of halogens is 1. The van der Waals surface area contributed by atoms with Crippen LogP contribution in [0.4, 0.5) is 0 Å². The Kier molecular flexibility index (Phi) is 8.53. The monoisotopic (exact) mass is 503 g/mol. The van der Waals surface area contributed by atoms with Crippen molar-refractivity contribution in [1.29, 1.82) is 0 Å². The number of hydrogen-bond donors (Lipinski definition) is 3. The van der Waals surface area contributed by atoms with Crippen molar-refractivity contribution in [2.75, 3.05) is 12.8 Å². The molecule has 3 N–H and O–H groups in total. The van der Waals surface area contributed by atoms with Gasteiger partial charge in [-0.3, -0.25) is 9.20 Å². The molecule has 3 atom stereocenters. The number of aromatic amines is 1. The Morgan fingerprint density at radius 1 is 1.41 bits per heavy atom. The first kappa shape index (κ1) is 22.1. The van der Waals surface area contributed by atoms with Gasteiger partial charge in [-0.05, 0) is 43.9 Å². The molecule has 0 aliphatic heterocycles. The molecule has 1 aromatic carbocycles. The van der Waals surface area contributed by atoms with Crippen LogP contribution < -0.4 is 10.6 Å². The lowest BCUT2D eigenvalue weighted by Gasteiger charge is -2.30. The molecule has 1 aromatic heterocycles. The lowest BCUT2D eigenvalue weighted by molar-refractivity contribution is 0.413. The first-order valence-corrected chi connectivity index (χ1v) is 10.8. The summed E-state index contributed by atoms with van der Waals surface area (Å²) >= 11 is 0. The van der Waals surface area contributed by atoms with Gasteiger partial charge in [0.25, 0.3) is 0 Å². The number of imidazole rings is 1. The van der Waals surface area contributed by atoms with Crippen molar-refractivity contribution in [2.45, 2.75) is 57.4 Å². The molecular weight excluding hydrogens is 473 g/mol. The van der Waals surface area contributed by atoms with Gasteiger partial charge in [-0.1, -0.05) is 19.4 Å². The standard InChI is InChI=1S/C19H29N5OS.HI/c1-4-26(25)15-7-5-6-14(11-15)22-19(20-3)21-12-18-23-16-9-8-13(2)10-17(16)24-18;/h8-10,14-15H,4-7,11-12H2,1-3H3,(H,23,24)(H2,20,21,22);1H. The van der Waals surface area contributed by atoms with Crippen LogP contribution in [-0.4, -0.2) is 44.2 Å². The predicted molar refractivity (Wildman–Crippen MR) is 124 cm³/mol. The van der Waals surface area contributed by atoms with Crippen molar-refractivity contribution in [3.8, 4) is 0 Å². The van der Waals surface area contributed by atoms with Crippen LogP contribution in [0.1, 0.15) is 44.0 Å². The third kappa shape index (κ3) is 5.91. The fraction of sp³-hybridized carbons (Fsp3) is 0.579. The molecule has 0 amide bonds. The van der Waals surface area contributed by atoms with E-state index in [-0.39, 0.29) is 24.0 Å². The average molecular weight is 503 g/mol. The van der Waals surface area contributed by atoms with Crippen molar-refractivity contribution in [2.24, 2.45) is 4.99 Å². The molecule has 0 saturated heterocycles. The molecule has 6 nitrogen and oxygen atoms in total. The largest absolute Gasteiger partial charge is 0.354 e. The highest BCUT2D eigenvalue weighted by Crippen LogP contribution is 2.23. The van der Waals surface area contributed by atoms with E-state index in [1.807, 2.05) is 13.0 Å². The minimum absolute atomic E-state index is 0. The molecule has 0 spiro atoms. The van der Waals surface area contributed by atoms with Gasteiger partial charge < -0.3 is 15.6 Å².